The monoisotopic (exact) mass is 291 g/mol. The first kappa shape index (κ1) is 12.3. The second kappa shape index (κ2) is 4.30. The highest BCUT2D eigenvalue weighted by Gasteiger charge is 2.31. The third-order valence-corrected chi connectivity index (χ3v) is 5.57. The van der Waals surface area contributed by atoms with Crippen LogP contribution in [0.5, 0.6) is 0 Å². The van der Waals surface area contributed by atoms with Gasteiger partial charge in [-0.05, 0) is 31.7 Å². The molecule has 0 bridgehead atoms. The van der Waals surface area contributed by atoms with E-state index in [1.165, 1.54) is 10.4 Å². The molecule has 0 aromatic carbocycles. The zero-order valence-electron chi connectivity index (χ0n) is 11.4. The molecule has 0 radical (unpaired) electrons. The molecule has 1 atom stereocenters. The highest BCUT2D eigenvalue weighted by Crippen LogP contribution is 2.36. The summed E-state index contributed by atoms with van der Waals surface area (Å²) in [4.78, 5) is 21.8. The Hall–Kier alpha value is -1.40. The number of aryl methyl sites for hydroxylation is 2. The average Bonchev–Trinajstić information content (AvgIpc) is 3.05. The van der Waals surface area contributed by atoms with Crippen LogP contribution >= 0.6 is 11.3 Å². The highest BCUT2D eigenvalue weighted by atomic mass is 32.1. The predicted octanol–water partition coefficient (Wildman–Crippen LogP) is 1.15. The summed E-state index contributed by atoms with van der Waals surface area (Å²) >= 11 is 1.67. The number of anilines is 1. The van der Waals surface area contributed by atoms with Gasteiger partial charge in [-0.2, -0.15) is 0 Å². The van der Waals surface area contributed by atoms with Crippen molar-refractivity contribution in [3.05, 3.63) is 20.8 Å². The van der Waals surface area contributed by atoms with Crippen molar-refractivity contribution in [3.63, 3.8) is 0 Å². The van der Waals surface area contributed by atoms with Gasteiger partial charge in [0.05, 0.1) is 12.0 Å². The van der Waals surface area contributed by atoms with Crippen molar-refractivity contribution < 1.29 is 5.11 Å². The van der Waals surface area contributed by atoms with Crippen molar-refractivity contribution in [2.45, 2.75) is 38.8 Å². The second-order valence-electron chi connectivity index (χ2n) is 5.63. The maximum absolute atomic E-state index is 12.8. The standard InChI is InChI=1S/C14H17N3O2S/c1-8-7-17-13(19)11-9-3-2-4-10(9)20-12(11)15-14(17)16(8)5-6-18/h8,18H,2-7H2,1H3/t8-/m0/s1. The van der Waals surface area contributed by atoms with Crippen molar-refractivity contribution >= 4 is 27.5 Å². The van der Waals surface area contributed by atoms with E-state index in [-0.39, 0.29) is 18.2 Å². The fourth-order valence-corrected chi connectivity index (χ4v) is 4.68. The minimum absolute atomic E-state index is 0.0825. The summed E-state index contributed by atoms with van der Waals surface area (Å²) in [7, 11) is 0. The largest absolute Gasteiger partial charge is 0.395 e. The number of hydrogen-bond donors (Lipinski definition) is 1. The average molecular weight is 291 g/mol. The number of hydrogen-bond acceptors (Lipinski definition) is 5. The van der Waals surface area contributed by atoms with E-state index in [1.54, 1.807) is 15.9 Å². The Morgan fingerprint density at radius 2 is 2.30 bits per heavy atom. The van der Waals surface area contributed by atoms with Crippen LogP contribution in [0.3, 0.4) is 0 Å². The molecule has 6 heteroatoms. The quantitative estimate of drug-likeness (QED) is 0.901. The molecule has 106 valence electrons. The van der Waals surface area contributed by atoms with Gasteiger partial charge in [0.2, 0.25) is 5.95 Å². The van der Waals surface area contributed by atoms with Gasteiger partial charge >= 0.3 is 0 Å². The van der Waals surface area contributed by atoms with Crippen molar-refractivity contribution in [1.29, 1.82) is 0 Å². The molecule has 0 saturated carbocycles. The molecular formula is C14H17N3O2S. The van der Waals surface area contributed by atoms with Crippen LogP contribution in [0.2, 0.25) is 0 Å². The number of nitrogens with zero attached hydrogens (tertiary/aromatic N) is 3. The maximum Gasteiger partial charge on any atom is 0.264 e. The Kier molecular flexibility index (Phi) is 2.65. The lowest BCUT2D eigenvalue weighted by Crippen LogP contribution is -2.32. The first-order valence-corrected chi connectivity index (χ1v) is 7.95. The molecule has 2 aliphatic rings. The number of aromatic nitrogens is 2. The molecule has 0 fully saturated rings. The zero-order chi connectivity index (χ0) is 13.9. The highest BCUT2D eigenvalue weighted by molar-refractivity contribution is 7.18. The molecule has 1 aliphatic heterocycles. The van der Waals surface area contributed by atoms with E-state index in [9.17, 15) is 9.90 Å². The van der Waals surface area contributed by atoms with E-state index < -0.39 is 0 Å². The minimum Gasteiger partial charge on any atom is -0.395 e. The van der Waals surface area contributed by atoms with Crippen LogP contribution in [-0.2, 0) is 19.4 Å². The van der Waals surface area contributed by atoms with Gasteiger partial charge in [-0.3, -0.25) is 9.36 Å². The Bertz CT molecular complexity index is 749. The van der Waals surface area contributed by atoms with Gasteiger partial charge < -0.3 is 10.0 Å². The number of rotatable bonds is 2. The Balaban J connectivity index is 1.97. The molecular weight excluding hydrogens is 274 g/mol. The predicted molar refractivity (Wildman–Crippen MR) is 79.8 cm³/mol. The van der Waals surface area contributed by atoms with Gasteiger partial charge in [0.1, 0.15) is 4.83 Å². The molecule has 3 heterocycles. The SMILES string of the molecule is C[C@H]1Cn2c(nc3sc4c(c3c2=O)CCC4)N1CCO. The summed E-state index contributed by atoms with van der Waals surface area (Å²) in [6.45, 7) is 3.35. The third-order valence-electron chi connectivity index (χ3n) is 4.38. The molecule has 0 amide bonds. The van der Waals surface area contributed by atoms with E-state index in [0.29, 0.717) is 13.1 Å². The number of thiophene rings is 1. The molecule has 0 spiro atoms. The fraction of sp³-hybridized carbons (Fsp3) is 0.571. The Morgan fingerprint density at radius 1 is 1.45 bits per heavy atom. The zero-order valence-corrected chi connectivity index (χ0v) is 12.2. The molecule has 5 nitrogen and oxygen atoms in total. The number of fused-ring (bicyclic) bond motifs is 4. The smallest absolute Gasteiger partial charge is 0.264 e. The number of aliphatic hydroxyl groups is 1. The van der Waals surface area contributed by atoms with Gasteiger partial charge in [-0.1, -0.05) is 0 Å². The van der Waals surface area contributed by atoms with Crippen molar-refractivity contribution in [1.82, 2.24) is 9.55 Å². The lowest BCUT2D eigenvalue weighted by atomic mass is 10.2. The van der Waals surface area contributed by atoms with Crippen LogP contribution in [0.15, 0.2) is 4.79 Å². The van der Waals surface area contributed by atoms with Crippen LogP contribution in [0, 0.1) is 0 Å². The van der Waals surface area contributed by atoms with Crippen LogP contribution < -0.4 is 10.5 Å². The molecule has 20 heavy (non-hydrogen) atoms. The summed E-state index contributed by atoms with van der Waals surface area (Å²) in [5.41, 5.74) is 1.35. The lowest BCUT2D eigenvalue weighted by molar-refractivity contribution is 0.299. The van der Waals surface area contributed by atoms with Crippen molar-refractivity contribution in [2.24, 2.45) is 0 Å². The van der Waals surface area contributed by atoms with E-state index in [0.717, 1.165) is 35.4 Å². The molecule has 2 aromatic rings. The summed E-state index contributed by atoms with van der Waals surface area (Å²) in [6, 6.07) is 0.215. The van der Waals surface area contributed by atoms with E-state index in [4.69, 9.17) is 4.98 Å². The molecule has 0 unspecified atom stereocenters. The Labute approximate surface area is 120 Å². The molecule has 1 N–H and O–H groups in total. The summed E-state index contributed by atoms with van der Waals surface area (Å²) in [5, 5.41) is 10.0. The van der Waals surface area contributed by atoms with Crippen LogP contribution in [0.1, 0.15) is 23.8 Å². The first-order valence-electron chi connectivity index (χ1n) is 7.13. The van der Waals surface area contributed by atoms with Gasteiger partial charge in [-0.25, -0.2) is 4.98 Å². The molecule has 2 aromatic heterocycles. The molecule has 1 aliphatic carbocycles. The minimum atomic E-state index is 0.0825. The van der Waals surface area contributed by atoms with E-state index >= 15 is 0 Å². The second-order valence-corrected chi connectivity index (χ2v) is 6.71. The van der Waals surface area contributed by atoms with Crippen LogP contribution in [-0.4, -0.2) is 33.9 Å². The first-order chi connectivity index (χ1) is 9.70. The molecule has 0 saturated heterocycles. The number of aliphatic hydroxyl groups excluding tert-OH is 1. The van der Waals surface area contributed by atoms with E-state index in [2.05, 4.69) is 6.92 Å². The fourth-order valence-electron chi connectivity index (χ4n) is 3.44. The summed E-state index contributed by atoms with van der Waals surface area (Å²) < 4.78 is 1.79. The lowest BCUT2D eigenvalue weighted by Gasteiger charge is -2.20. The summed E-state index contributed by atoms with van der Waals surface area (Å²) in [6.07, 6.45) is 3.26. The topological polar surface area (TPSA) is 58.4 Å². The van der Waals surface area contributed by atoms with Crippen LogP contribution in [0.25, 0.3) is 10.2 Å². The number of β-amino-alcohol motifs (C(OH)–C–C–N with tert-alkyl or cyclic N) is 1. The Morgan fingerprint density at radius 3 is 3.10 bits per heavy atom. The third kappa shape index (κ3) is 1.52. The van der Waals surface area contributed by atoms with Gasteiger partial charge in [0.15, 0.2) is 0 Å². The van der Waals surface area contributed by atoms with Gasteiger partial charge in [0.25, 0.3) is 5.56 Å². The van der Waals surface area contributed by atoms with Crippen LogP contribution in [0.4, 0.5) is 5.95 Å². The van der Waals surface area contributed by atoms with Gasteiger partial charge in [0, 0.05) is 24.0 Å². The maximum atomic E-state index is 12.8. The van der Waals surface area contributed by atoms with Crippen molar-refractivity contribution in [2.75, 3.05) is 18.1 Å². The van der Waals surface area contributed by atoms with Gasteiger partial charge in [-0.15, -0.1) is 11.3 Å². The summed E-state index contributed by atoms with van der Waals surface area (Å²) in [5.74, 6) is 0.726. The van der Waals surface area contributed by atoms with E-state index in [1.807, 2.05) is 4.90 Å². The normalized spacial score (nSPS) is 20.7. The van der Waals surface area contributed by atoms with Crippen molar-refractivity contribution in [3.8, 4) is 0 Å². The molecule has 4 rings (SSSR count).